The average molecular weight is 301 g/mol. The van der Waals surface area contributed by atoms with E-state index in [-0.39, 0.29) is 22.6 Å². The molecule has 2 rings (SSSR count). The van der Waals surface area contributed by atoms with E-state index in [0.29, 0.717) is 32.7 Å². The second-order valence-corrected chi connectivity index (χ2v) is 5.50. The molecule has 1 aliphatic heterocycles. The minimum absolute atomic E-state index is 0.0541. The van der Waals surface area contributed by atoms with E-state index >= 15 is 0 Å². The van der Waals surface area contributed by atoms with E-state index < -0.39 is 5.82 Å². The molecule has 1 aromatic carbocycles. The number of hydrogen-bond acceptors (Lipinski definition) is 3. The number of carbonyl (C=O) groups excluding carboxylic acids is 1. The standard InChI is InChI=1S/C14H18ClFN2O2/c1-10(19)9-17-4-6-18(7-5-17)14(20)12-3-2-11(15)8-13(12)16/h2-3,8,10,19H,4-7,9H2,1H3/t10-/m1/s1. The molecule has 0 aromatic heterocycles. The Morgan fingerprint density at radius 3 is 2.60 bits per heavy atom. The predicted octanol–water partition coefficient (Wildman–Crippen LogP) is 1.62. The van der Waals surface area contributed by atoms with Crippen LogP contribution in [0.1, 0.15) is 17.3 Å². The Labute approximate surface area is 122 Å². The van der Waals surface area contributed by atoms with Crippen LogP contribution in [0.2, 0.25) is 5.02 Å². The summed E-state index contributed by atoms with van der Waals surface area (Å²) < 4.78 is 13.7. The number of hydrogen-bond donors (Lipinski definition) is 1. The SMILES string of the molecule is C[C@@H](O)CN1CCN(C(=O)c2ccc(Cl)cc2F)CC1. The third kappa shape index (κ3) is 3.69. The normalized spacial score (nSPS) is 18.1. The third-order valence-corrected chi connectivity index (χ3v) is 3.58. The number of amides is 1. The van der Waals surface area contributed by atoms with E-state index in [1.807, 2.05) is 0 Å². The van der Waals surface area contributed by atoms with Crippen molar-refractivity contribution in [2.45, 2.75) is 13.0 Å². The summed E-state index contributed by atoms with van der Waals surface area (Å²) in [6.07, 6.45) is -0.383. The number of nitrogens with zero attached hydrogens (tertiary/aromatic N) is 2. The number of rotatable bonds is 3. The molecule has 1 heterocycles. The van der Waals surface area contributed by atoms with Crippen LogP contribution in [0.5, 0.6) is 0 Å². The maximum Gasteiger partial charge on any atom is 0.256 e. The summed E-state index contributed by atoms with van der Waals surface area (Å²) in [6.45, 7) is 4.77. The van der Waals surface area contributed by atoms with Gasteiger partial charge >= 0.3 is 0 Å². The first-order chi connectivity index (χ1) is 9.47. The topological polar surface area (TPSA) is 43.8 Å². The Kier molecular flexibility index (Phi) is 4.96. The van der Waals surface area contributed by atoms with Gasteiger partial charge in [0.1, 0.15) is 5.82 Å². The van der Waals surface area contributed by atoms with E-state index in [2.05, 4.69) is 4.90 Å². The first-order valence-electron chi connectivity index (χ1n) is 6.62. The number of piperazine rings is 1. The zero-order valence-electron chi connectivity index (χ0n) is 11.4. The van der Waals surface area contributed by atoms with Gasteiger partial charge in [-0.05, 0) is 25.1 Å². The molecule has 0 radical (unpaired) electrons. The highest BCUT2D eigenvalue weighted by Gasteiger charge is 2.24. The van der Waals surface area contributed by atoms with Crippen LogP contribution in [0.15, 0.2) is 18.2 Å². The monoisotopic (exact) mass is 300 g/mol. The van der Waals surface area contributed by atoms with Crippen LogP contribution in [0.4, 0.5) is 4.39 Å². The van der Waals surface area contributed by atoms with E-state index in [0.717, 1.165) is 6.07 Å². The molecule has 0 aliphatic carbocycles. The van der Waals surface area contributed by atoms with E-state index in [1.54, 1.807) is 11.8 Å². The van der Waals surface area contributed by atoms with Crippen molar-refractivity contribution in [2.75, 3.05) is 32.7 Å². The van der Waals surface area contributed by atoms with Crippen molar-refractivity contribution in [2.24, 2.45) is 0 Å². The molecule has 0 unspecified atom stereocenters. The smallest absolute Gasteiger partial charge is 0.256 e. The molecule has 1 fully saturated rings. The summed E-state index contributed by atoms with van der Waals surface area (Å²) >= 11 is 5.68. The summed E-state index contributed by atoms with van der Waals surface area (Å²) in [5, 5.41) is 9.61. The fourth-order valence-corrected chi connectivity index (χ4v) is 2.50. The molecule has 0 bridgehead atoms. The van der Waals surface area contributed by atoms with E-state index in [1.165, 1.54) is 12.1 Å². The minimum atomic E-state index is -0.589. The van der Waals surface area contributed by atoms with Crippen LogP contribution in [0.3, 0.4) is 0 Å². The number of halogens is 2. The van der Waals surface area contributed by atoms with Crippen LogP contribution in [0, 0.1) is 5.82 Å². The Morgan fingerprint density at radius 2 is 2.05 bits per heavy atom. The van der Waals surface area contributed by atoms with Crippen molar-refractivity contribution < 1.29 is 14.3 Å². The lowest BCUT2D eigenvalue weighted by Gasteiger charge is -2.35. The lowest BCUT2D eigenvalue weighted by Crippen LogP contribution is -2.50. The summed E-state index contributed by atoms with van der Waals surface area (Å²) in [7, 11) is 0. The second kappa shape index (κ2) is 6.52. The maximum atomic E-state index is 13.7. The van der Waals surface area contributed by atoms with Crippen molar-refractivity contribution in [1.82, 2.24) is 9.80 Å². The van der Waals surface area contributed by atoms with Gasteiger partial charge in [0.2, 0.25) is 0 Å². The number of carbonyl (C=O) groups is 1. The second-order valence-electron chi connectivity index (χ2n) is 5.07. The van der Waals surface area contributed by atoms with Gasteiger partial charge in [-0.2, -0.15) is 0 Å². The van der Waals surface area contributed by atoms with Gasteiger partial charge in [-0.25, -0.2) is 4.39 Å². The lowest BCUT2D eigenvalue weighted by molar-refractivity contribution is 0.0550. The van der Waals surface area contributed by atoms with Crippen LogP contribution >= 0.6 is 11.6 Å². The van der Waals surface area contributed by atoms with Crippen LogP contribution in [0.25, 0.3) is 0 Å². The zero-order valence-corrected chi connectivity index (χ0v) is 12.1. The molecule has 1 atom stereocenters. The Bertz CT molecular complexity index is 488. The molecule has 110 valence electrons. The molecule has 0 saturated carbocycles. The van der Waals surface area contributed by atoms with Crippen molar-refractivity contribution in [3.63, 3.8) is 0 Å². The zero-order chi connectivity index (χ0) is 14.7. The largest absolute Gasteiger partial charge is 0.392 e. The molecular formula is C14H18ClFN2O2. The molecule has 0 spiro atoms. The van der Waals surface area contributed by atoms with Crippen LogP contribution < -0.4 is 0 Å². The van der Waals surface area contributed by atoms with E-state index in [4.69, 9.17) is 11.6 Å². The third-order valence-electron chi connectivity index (χ3n) is 3.34. The summed E-state index contributed by atoms with van der Waals surface area (Å²) in [5.74, 6) is -0.898. The molecule has 4 nitrogen and oxygen atoms in total. The minimum Gasteiger partial charge on any atom is -0.392 e. The molecule has 1 saturated heterocycles. The fourth-order valence-electron chi connectivity index (χ4n) is 2.34. The van der Waals surface area contributed by atoms with Crippen LogP contribution in [-0.2, 0) is 0 Å². The summed E-state index contributed by atoms with van der Waals surface area (Å²) in [6, 6.07) is 4.09. The average Bonchev–Trinajstić information content (AvgIpc) is 2.38. The van der Waals surface area contributed by atoms with Crippen LogP contribution in [-0.4, -0.2) is 59.6 Å². The van der Waals surface area contributed by atoms with Crippen molar-refractivity contribution in [3.05, 3.63) is 34.6 Å². The highest BCUT2D eigenvalue weighted by molar-refractivity contribution is 6.30. The fraction of sp³-hybridized carbons (Fsp3) is 0.500. The van der Waals surface area contributed by atoms with Gasteiger partial charge in [-0.1, -0.05) is 11.6 Å². The molecule has 1 aliphatic rings. The Morgan fingerprint density at radius 1 is 1.40 bits per heavy atom. The van der Waals surface area contributed by atoms with Gasteiger partial charge in [0.15, 0.2) is 0 Å². The number of aliphatic hydroxyl groups excluding tert-OH is 1. The first-order valence-corrected chi connectivity index (χ1v) is 7.00. The van der Waals surface area contributed by atoms with Gasteiger partial charge in [0, 0.05) is 37.7 Å². The summed E-state index contributed by atoms with van der Waals surface area (Å²) in [4.78, 5) is 16.0. The van der Waals surface area contributed by atoms with Gasteiger partial charge in [0.05, 0.1) is 11.7 Å². The summed E-state index contributed by atoms with van der Waals surface area (Å²) in [5.41, 5.74) is 0.0541. The van der Waals surface area contributed by atoms with Gasteiger partial charge in [0.25, 0.3) is 5.91 Å². The van der Waals surface area contributed by atoms with Crippen molar-refractivity contribution in [3.8, 4) is 0 Å². The highest BCUT2D eigenvalue weighted by Crippen LogP contribution is 2.17. The highest BCUT2D eigenvalue weighted by atomic mass is 35.5. The number of aliphatic hydroxyl groups is 1. The molecule has 6 heteroatoms. The van der Waals surface area contributed by atoms with Gasteiger partial charge < -0.3 is 10.0 Å². The Hall–Kier alpha value is -1.17. The van der Waals surface area contributed by atoms with E-state index in [9.17, 15) is 14.3 Å². The maximum absolute atomic E-state index is 13.7. The van der Waals surface area contributed by atoms with Crippen molar-refractivity contribution in [1.29, 1.82) is 0 Å². The molecule has 1 aromatic rings. The first kappa shape index (κ1) is 15.2. The van der Waals surface area contributed by atoms with Crippen molar-refractivity contribution >= 4 is 17.5 Å². The lowest BCUT2D eigenvalue weighted by atomic mass is 10.1. The predicted molar refractivity (Wildman–Crippen MR) is 75.4 cm³/mol. The Balaban J connectivity index is 1.98. The van der Waals surface area contributed by atoms with Gasteiger partial charge in [-0.15, -0.1) is 0 Å². The molecule has 1 amide bonds. The number of β-amino-alcohol motifs (C(OH)–C–C–N with tert-alkyl or cyclic N) is 1. The molecule has 1 N–H and O–H groups in total. The number of benzene rings is 1. The molecular weight excluding hydrogens is 283 g/mol. The quantitative estimate of drug-likeness (QED) is 0.922. The molecule has 20 heavy (non-hydrogen) atoms. The van der Waals surface area contributed by atoms with Gasteiger partial charge in [-0.3, -0.25) is 9.69 Å².